The van der Waals surface area contributed by atoms with Gasteiger partial charge < -0.3 is 14.7 Å². The van der Waals surface area contributed by atoms with E-state index in [0.29, 0.717) is 6.61 Å². The van der Waals surface area contributed by atoms with E-state index < -0.39 is 6.49 Å². The van der Waals surface area contributed by atoms with Crippen LogP contribution in [0.5, 0.6) is 0 Å². The van der Waals surface area contributed by atoms with Gasteiger partial charge in [-0.15, -0.1) is 0 Å². The third-order valence-corrected chi connectivity index (χ3v) is 2.63. The summed E-state index contributed by atoms with van der Waals surface area (Å²) in [6, 6.07) is 0. The van der Waals surface area contributed by atoms with Crippen LogP contribution in [0.1, 0.15) is 25.7 Å². The van der Waals surface area contributed by atoms with Gasteiger partial charge >= 0.3 is 0 Å². The average Bonchev–Trinajstić information content (AvgIpc) is 2.01. The topological polar surface area (TPSA) is 41.5 Å². The van der Waals surface area contributed by atoms with Crippen LogP contribution in [-0.2, 0) is 16.3 Å². The number of unbranched alkanes of at least 4 members (excludes halogenated alkanes) is 3. The van der Waals surface area contributed by atoms with Crippen molar-refractivity contribution in [2.75, 3.05) is 26.9 Å². The number of hydrogen-bond donors (Lipinski definition) is 2. The summed E-state index contributed by atoms with van der Waals surface area (Å²) in [6.07, 6.45) is 4.56. The van der Waals surface area contributed by atoms with E-state index in [1.54, 1.807) is 6.66 Å². The SMILES string of the molecule is CNCCCCCCOP(C)(O)=S. The molecule has 0 aliphatic rings. The Labute approximate surface area is 86.0 Å². The van der Waals surface area contributed by atoms with Crippen molar-refractivity contribution in [1.29, 1.82) is 0 Å². The molecule has 0 rings (SSSR count). The molecular formula is C8H20NO2PS. The zero-order chi connectivity index (χ0) is 10.2. The van der Waals surface area contributed by atoms with Gasteiger partial charge in [0, 0.05) is 6.66 Å². The largest absolute Gasteiger partial charge is 0.345 e. The van der Waals surface area contributed by atoms with E-state index in [4.69, 9.17) is 21.2 Å². The number of nitrogens with one attached hydrogen (secondary N) is 1. The molecule has 13 heavy (non-hydrogen) atoms. The lowest BCUT2D eigenvalue weighted by atomic mass is 10.2. The normalized spacial score (nSPS) is 15.6. The summed E-state index contributed by atoms with van der Waals surface area (Å²) in [4.78, 5) is 9.15. The Morgan fingerprint density at radius 3 is 2.46 bits per heavy atom. The Morgan fingerprint density at radius 2 is 1.92 bits per heavy atom. The molecule has 0 saturated heterocycles. The van der Waals surface area contributed by atoms with Crippen LogP contribution >= 0.6 is 6.49 Å². The lowest BCUT2D eigenvalue weighted by molar-refractivity contribution is 0.300. The predicted molar refractivity (Wildman–Crippen MR) is 60.8 cm³/mol. The molecule has 0 amide bonds. The fourth-order valence-electron chi connectivity index (χ4n) is 0.991. The quantitative estimate of drug-likeness (QED) is 0.487. The van der Waals surface area contributed by atoms with Gasteiger partial charge in [-0.2, -0.15) is 0 Å². The van der Waals surface area contributed by atoms with Gasteiger partial charge in [0.05, 0.1) is 6.61 Å². The smallest absolute Gasteiger partial charge is 0.183 e. The predicted octanol–water partition coefficient (Wildman–Crippen LogP) is 1.71. The first-order chi connectivity index (χ1) is 6.06. The van der Waals surface area contributed by atoms with Crippen LogP contribution in [0.15, 0.2) is 0 Å². The molecule has 0 aromatic carbocycles. The fraction of sp³-hybridized carbons (Fsp3) is 1.00. The molecule has 0 fully saturated rings. The minimum absolute atomic E-state index is 0.601. The molecule has 0 aliphatic carbocycles. The summed E-state index contributed by atoms with van der Waals surface area (Å²) in [5, 5.41) is 3.10. The van der Waals surface area contributed by atoms with Crippen LogP contribution < -0.4 is 5.32 Å². The standard InChI is InChI=1S/C8H20NO2PS/c1-9-7-5-3-4-6-8-11-12(2,10)13/h9H,3-8H2,1-2H3,(H,10,13). The third kappa shape index (κ3) is 12.5. The highest BCUT2D eigenvalue weighted by atomic mass is 32.5. The molecule has 0 aromatic rings. The third-order valence-electron chi connectivity index (χ3n) is 1.65. The highest BCUT2D eigenvalue weighted by Crippen LogP contribution is 2.36. The van der Waals surface area contributed by atoms with E-state index in [1.165, 1.54) is 12.8 Å². The molecule has 0 saturated carbocycles. The zero-order valence-corrected chi connectivity index (χ0v) is 10.2. The highest BCUT2D eigenvalue weighted by Gasteiger charge is 2.02. The van der Waals surface area contributed by atoms with Crippen molar-refractivity contribution in [1.82, 2.24) is 5.32 Å². The molecule has 0 bridgehead atoms. The van der Waals surface area contributed by atoms with Crippen molar-refractivity contribution in [2.24, 2.45) is 0 Å². The number of rotatable bonds is 8. The highest BCUT2D eigenvalue weighted by molar-refractivity contribution is 8.09. The summed E-state index contributed by atoms with van der Waals surface area (Å²) in [5.41, 5.74) is 0. The second-order valence-electron chi connectivity index (χ2n) is 3.15. The molecule has 80 valence electrons. The van der Waals surface area contributed by atoms with Crippen LogP contribution in [0.3, 0.4) is 0 Å². The van der Waals surface area contributed by atoms with Crippen molar-refractivity contribution < 1.29 is 9.42 Å². The average molecular weight is 225 g/mol. The van der Waals surface area contributed by atoms with E-state index in [2.05, 4.69) is 5.32 Å². The molecule has 3 nitrogen and oxygen atoms in total. The Balaban J connectivity index is 3.04. The van der Waals surface area contributed by atoms with Crippen molar-refractivity contribution in [2.45, 2.75) is 25.7 Å². The van der Waals surface area contributed by atoms with Crippen LogP contribution in [0.25, 0.3) is 0 Å². The molecule has 1 unspecified atom stereocenters. The van der Waals surface area contributed by atoms with E-state index in [-0.39, 0.29) is 0 Å². The molecular weight excluding hydrogens is 205 g/mol. The van der Waals surface area contributed by atoms with E-state index >= 15 is 0 Å². The Hall–Kier alpha value is 0.530. The van der Waals surface area contributed by atoms with E-state index in [1.807, 2.05) is 7.05 Å². The number of hydrogen-bond acceptors (Lipinski definition) is 3. The summed E-state index contributed by atoms with van der Waals surface area (Å²) in [7, 11) is 1.96. The first kappa shape index (κ1) is 13.5. The summed E-state index contributed by atoms with van der Waals surface area (Å²) < 4.78 is 5.10. The van der Waals surface area contributed by atoms with Crippen LogP contribution in [0.4, 0.5) is 0 Å². The van der Waals surface area contributed by atoms with Gasteiger partial charge in [0.15, 0.2) is 6.49 Å². The Bertz CT molecular complexity index is 160. The molecule has 2 N–H and O–H groups in total. The molecule has 5 heteroatoms. The van der Waals surface area contributed by atoms with Crippen molar-refractivity contribution in [3.05, 3.63) is 0 Å². The second kappa shape index (κ2) is 7.89. The van der Waals surface area contributed by atoms with Crippen LogP contribution in [0, 0.1) is 0 Å². The summed E-state index contributed by atoms with van der Waals surface area (Å²) >= 11 is 4.74. The maximum atomic E-state index is 9.15. The van der Waals surface area contributed by atoms with Crippen LogP contribution in [-0.4, -0.2) is 31.8 Å². The zero-order valence-electron chi connectivity index (χ0n) is 8.45. The molecule has 0 spiro atoms. The maximum Gasteiger partial charge on any atom is 0.183 e. The fourth-order valence-corrected chi connectivity index (χ4v) is 1.68. The van der Waals surface area contributed by atoms with Gasteiger partial charge in [-0.1, -0.05) is 12.8 Å². The van der Waals surface area contributed by atoms with E-state index in [9.17, 15) is 0 Å². The molecule has 0 aromatic heterocycles. The monoisotopic (exact) mass is 225 g/mol. The Kier molecular flexibility index (Phi) is 8.21. The second-order valence-corrected chi connectivity index (χ2v) is 7.05. The maximum absolute atomic E-state index is 9.15. The first-order valence-electron chi connectivity index (χ1n) is 4.65. The molecule has 1 atom stereocenters. The Morgan fingerprint density at radius 1 is 1.31 bits per heavy atom. The first-order valence-corrected chi connectivity index (χ1v) is 7.77. The molecule has 0 aliphatic heterocycles. The minimum atomic E-state index is -2.41. The molecule has 0 radical (unpaired) electrons. The van der Waals surface area contributed by atoms with Crippen molar-refractivity contribution >= 4 is 18.3 Å². The van der Waals surface area contributed by atoms with E-state index in [0.717, 1.165) is 19.4 Å². The summed E-state index contributed by atoms with van der Waals surface area (Å²) in [5.74, 6) is 0. The van der Waals surface area contributed by atoms with Gasteiger partial charge in [0.2, 0.25) is 0 Å². The lowest BCUT2D eigenvalue weighted by Gasteiger charge is -2.09. The molecule has 0 heterocycles. The minimum Gasteiger partial charge on any atom is -0.345 e. The van der Waals surface area contributed by atoms with Crippen molar-refractivity contribution in [3.63, 3.8) is 0 Å². The van der Waals surface area contributed by atoms with Gasteiger partial charge in [-0.05, 0) is 38.2 Å². The van der Waals surface area contributed by atoms with Crippen LogP contribution in [0.2, 0.25) is 0 Å². The van der Waals surface area contributed by atoms with Gasteiger partial charge in [-0.25, -0.2) is 0 Å². The van der Waals surface area contributed by atoms with Gasteiger partial charge in [0.25, 0.3) is 0 Å². The lowest BCUT2D eigenvalue weighted by Crippen LogP contribution is -2.07. The van der Waals surface area contributed by atoms with Gasteiger partial charge in [0.1, 0.15) is 0 Å². The van der Waals surface area contributed by atoms with Gasteiger partial charge in [-0.3, -0.25) is 0 Å². The van der Waals surface area contributed by atoms with Crippen molar-refractivity contribution in [3.8, 4) is 0 Å². The summed E-state index contributed by atoms with van der Waals surface area (Å²) in [6.45, 7) is 0.858.